The Labute approximate surface area is 62.6 Å². The van der Waals surface area contributed by atoms with Gasteiger partial charge in [-0.05, 0) is 24.8 Å². The maximum Gasteiger partial charge on any atom is 0.0471 e. The van der Waals surface area contributed by atoms with Crippen molar-refractivity contribution in [3.63, 3.8) is 0 Å². The standard InChI is InChI=1S/C8H17NO/c1-2-7-3-8(6-10)5-9-4-7/h7-10H,2-6H2,1H3. The Hall–Kier alpha value is -0.0800. The van der Waals surface area contributed by atoms with Crippen molar-refractivity contribution in [2.24, 2.45) is 11.8 Å². The van der Waals surface area contributed by atoms with Crippen LogP contribution in [0.25, 0.3) is 0 Å². The fourth-order valence-corrected chi connectivity index (χ4v) is 1.58. The summed E-state index contributed by atoms with van der Waals surface area (Å²) in [6.07, 6.45) is 2.45. The number of rotatable bonds is 2. The zero-order chi connectivity index (χ0) is 7.40. The van der Waals surface area contributed by atoms with Crippen LogP contribution in [0.4, 0.5) is 0 Å². The molecule has 1 aliphatic rings. The second-order valence-corrected chi connectivity index (χ2v) is 3.22. The number of nitrogens with one attached hydrogen (secondary N) is 1. The molecule has 0 bridgehead atoms. The first kappa shape index (κ1) is 8.02. The lowest BCUT2D eigenvalue weighted by atomic mass is 9.89. The Morgan fingerprint density at radius 2 is 2.10 bits per heavy atom. The van der Waals surface area contributed by atoms with E-state index >= 15 is 0 Å². The van der Waals surface area contributed by atoms with Crippen LogP contribution in [0.15, 0.2) is 0 Å². The Kier molecular flexibility index (Phi) is 3.16. The summed E-state index contributed by atoms with van der Waals surface area (Å²) in [4.78, 5) is 0. The molecular formula is C8H17NO. The van der Waals surface area contributed by atoms with Crippen molar-refractivity contribution >= 4 is 0 Å². The van der Waals surface area contributed by atoms with Gasteiger partial charge in [-0.3, -0.25) is 0 Å². The summed E-state index contributed by atoms with van der Waals surface area (Å²) in [5.74, 6) is 1.31. The van der Waals surface area contributed by atoms with E-state index in [1.165, 1.54) is 12.8 Å². The van der Waals surface area contributed by atoms with E-state index in [0.29, 0.717) is 12.5 Å². The zero-order valence-electron chi connectivity index (χ0n) is 6.64. The van der Waals surface area contributed by atoms with Crippen LogP contribution in [0.5, 0.6) is 0 Å². The van der Waals surface area contributed by atoms with Crippen LogP contribution in [0.1, 0.15) is 19.8 Å². The van der Waals surface area contributed by atoms with Crippen molar-refractivity contribution in [2.45, 2.75) is 19.8 Å². The fourth-order valence-electron chi connectivity index (χ4n) is 1.58. The van der Waals surface area contributed by atoms with Crippen LogP contribution in [0.2, 0.25) is 0 Å². The molecule has 0 spiro atoms. The van der Waals surface area contributed by atoms with E-state index in [9.17, 15) is 0 Å². The largest absolute Gasteiger partial charge is 0.396 e. The highest BCUT2D eigenvalue weighted by Crippen LogP contribution is 2.17. The third-order valence-electron chi connectivity index (χ3n) is 2.37. The monoisotopic (exact) mass is 143 g/mol. The van der Waals surface area contributed by atoms with Gasteiger partial charge in [-0.25, -0.2) is 0 Å². The average Bonchev–Trinajstić information content (AvgIpc) is 2.05. The molecule has 1 saturated heterocycles. The Bertz CT molecular complexity index is 85.3. The normalized spacial score (nSPS) is 34.2. The summed E-state index contributed by atoms with van der Waals surface area (Å²) in [7, 11) is 0. The van der Waals surface area contributed by atoms with E-state index in [1.807, 2.05) is 0 Å². The molecule has 0 aliphatic carbocycles. The van der Waals surface area contributed by atoms with Gasteiger partial charge in [0.15, 0.2) is 0 Å². The van der Waals surface area contributed by atoms with Gasteiger partial charge in [0.25, 0.3) is 0 Å². The van der Waals surface area contributed by atoms with Crippen molar-refractivity contribution in [1.82, 2.24) is 5.32 Å². The predicted molar refractivity (Wildman–Crippen MR) is 41.8 cm³/mol. The van der Waals surface area contributed by atoms with Gasteiger partial charge in [-0.1, -0.05) is 13.3 Å². The minimum atomic E-state index is 0.351. The van der Waals surface area contributed by atoms with E-state index in [-0.39, 0.29) is 0 Å². The molecule has 1 fully saturated rings. The molecule has 10 heavy (non-hydrogen) atoms. The zero-order valence-corrected chi connectivity index (χ0v) is 6.64. The third kappa shape index (κ3) is 1.96. The predicted octanol–water partition coefficient (Wildman–Crippen LogP) is 0.614. The minimum Gasteiger partial charge on any atom is -0.396 e. The molecule has 60 valence electrons. The number of aliphatic hydroxyl groups is 1. The summed E-state index contributed by atoms with van der Waals surface area (Å²) >= 11 is 0. The molecule has 0 saturated carbocycles. The molecule has 1 rings (SSSR count). The molecule has 0 aromatic rings. The van der Waals surface area contributed by atoms with Crippen LogP contribution in [-0.4, -0.2) is 24.8 Å². The Morgan fingerprint density at radius 1 is 1.40 bits per heavy atom. The van der Waals surface area contributed by atoms with Crippen LogP contribution in [-0.2, 0) is 0 Å². The molecule has 2 nitrogen and oxygen atoms in total. The van der Waals surface area contributed by atoms with E-state index in [2.05, 4.69) is 12.2 Å². The van der Waals surface area contributed by atoms with E-state index in [1.54, 1.807) is 0 Å². The molecule has 0 radical (unpaired) electrons. The van der Waals surface area contributed by atoms with Crippen molar-refractivity contribution in [3.8, 4) is 0 Å². The molecule has 2 unspecified atom stereocenters. The number of aliphatic hydroxyl groups excluding tert-OH is 1. The highest BCUT2D eigenvalue weighted by Gasteiger charge is 2.18. The fraction of sp³-hybridized carbons (Fsp3) is 1.00. The Morgan fingerprint density at radius 3 is 2.70 bits per heavy atom. The number of hydrogen-bond acceptors (Lipinski definition) is 2. The molecule has 2 atom stereocenters. The lowest BCUT2D eigenvalue weighted by Gasteiger charge is -2.27. The SMILES string of the molecule is CCC1CNCC(CO)C1. The lowest BCUT2D eigenvalue weighted by molar-refractivity contribution is 0.170. The Balaban J connectivity index is 2.25. The van der Waals surface area contributed by atoms with Crippen LogP contribution >= 0.6 is 0 Å². The van der Waals surface area contributed by atoms with E-state index in [0.717, 1.165) is 19.0 Å². The second-order valence-electron chi connectivity index (χ2n) is 3.22. The van der Waals surface area contributed by atoms with Gasteiger partial charge < -0.3 is 10.4 Å². The van der Waals surface area contributed by atoms with Gasteiger partial charge >= 0.3 is 0 Å². The molecule has 0 aromatic heterocycles. The summed E-state index contributed by atoms with van der Waals surface area (Å²) in [6.45, 7) is 4.72. The lowest BCUT2D eigenvalue weighted by Crippen LogP contribution is -2.37. The van der Waals surface area contributed by atoms with Crippen molar-refractivity contribution in [1.29, 1.82) is 0 Å². The van der Waals surface area contributed by atoms with Gasteiger partial charge in [-0.15, -0.1) is 0 Å². The summed E-state index contributed by atoms with van der Waals surface area (Å²) in [6, 6.07) is 0. The first-order valence-electron chi connectivity index (χ1n) is 4.18. The maximum atomic E-state index is 8.86. The topological polar surface area (TPSA) is 32.3 Å². The van der Waals surface area contributed by atoms with Crippen molar-refractivity contribution in [2.75, 3.05) is 19.7 Å². The van der Waals surface area contributed by atoms with Crippen molar-refractivity contribution < 1.29 is 5.11 Å². The quantitative estimate of drug-likeness (QED) is 0.593. The number of hydrogen-bond donors (Lipinski definition) is 2. The van der Waals surface area contributed by atoms with Crippen LogP contribution in [0, 0.1) is 11.8 Å². The van der Waals surface area contributed by atoms with Crippen LogP contribution in [0.3, 0.4) is 0 Å². The molecule has 0 amide bonds. The molecule has 0 aromatic carbocycles. The summed E-state index contributed by atoms with van der Waals surface area (Å²) in [5.41, 5.74) is 0. The van der Waals surface area contributed by atoms with E-state index < -0.39 is 0 Å². The minimum absolute atomic E-state index is 0.351. The van der Waals surface area contributed by atoms with Gasteiger partial charge in [-0.2, -0.15) is 0 Å². The van der Waals surface area contributed by atoms with Gasteiger partial charge in [0.2, 0.25) is 0 Å². The third-order valence-corrected chi connectivity index (χ3v) is 2.37. The molecular weight excluding hydrogens is 126 g/mol. The average molecular weight is 143 g/mol. The molecule has 2 heteroatoms. The van der Waals surface area contributed by atoms with Gasteiger partial charge in [0, 0.05) is 13.2 Å². The molecule has 2 N–H and O–H groups in total. The molecule has 1 heterocycles. The van der Waals surface area contributed by atoms with Gasteiger partial charge in [0.05, 0.1) is 0 Å². The highest BCUT2D eigenvalue weighted by atomic mass is 16.3. The highest BCUT2D eigenvalue weighted by molar-refractivity contribution is 4.74. The maximum absolute atomic E-state index is 8.86. The van der Waals surface area contributed by atoms with Crippen molar-refractivity contribution in [3.05, 3.63) is 0 Å². The first-order valence-corrected chi connectivity index (χ1v) is 4.18. The van der Waals surface area contributed by atoms with E-state index in [4.69, 9.17) is 5.11 Å². The first-order chi connectivity index (χ1) is 4.86. The smallest absolute Gasteiger partial charge is 0.0471 e. The summed E-state index contributed by atoms with van der Waals surface area (Å²) in [5, 5.41) is 12.2. The second kappa shape index (κ2) is 3.94. The number of piperidine rings is 1. The van der Waals surface area contributed by atoms with Crippen LogP contribution < -0.4 is 5.32 Å². The molecule has 1 aliphatic heterocycles. The van der Waals surface area contributed by atoms with Gasteiger partial charge in [0.1, 0.15) is 0 Å². The summed E-state index contributed by atoms with van der Waals surface area (Å²) < 4.78 is 0.